The zero-order chi connectivity index (χ0) is 8.27. The van der Waals surface area contributed by atoms with E-state index in [4.69, 9.17) is 17.3 Å². The second-order valence-electron chi connectivity index (χ2n) is 1.96. The van der Waals surface area contributed by atoms with Crippen molar-refractivity contribution in [2.24, 2.45) is 0 Å². The Balaban J connectivity index is 2.86. The predicted octanol–water partition coefficient (Wildman–Crippen LogP) is 1.14. The van der Waals surface area contributed by atoms with Crippen molar-refractivity contribution in [2.75, 3.05) is 17.6 Å². The van der Waals surface area contributed by atoms with E-state index in [0.717, 1.165) is 6.54 Å². The summed E-state index contributed by atoms with van der Waals surface area (Å²) < 4.78 is 0. The SMILES string of the molecule is CCNc1ncc(Cl)c(N)n1. The van der Waals surface area contributed by atoms with Gasteiger partial charge in [-0.25, -0.2) is 4.98 Å². The van der Waals surface area contributed by atoms with Gasteiger partial charge in [0, 0.05) is 6.54 Å². The number of aromatic nitrogens is 2. The van der Waals surface area contributed by atoms with Crippen molar-refractivity contribution in [3.63, 3.8) is 0 Å². The van der Waals surface area contributed by atoms with Crippen LogP contribution in [0.2, 0.25) is 5.02 Å². The number of nitrogens with two attached hydrogens (primary N) is 1. The molecule has 0 fully saturated rings. The lowest BCUT2D eigenvalue weighted by Crippen LogP contribution is -2.03. The Morgan fingerprint density at radius 1 is 1.73 bits per heavy atom. The largest absolute Gasteiger partial charge is 0.382 e. The van der Waals surface area contributed by atoms with Crippen molar-refractivity contribution in [3.05, 3.63) is 11.2 Å². The summed E-state index contributed by atoms with van der Waals surface area (Å²) in [7, 11) is 0. The van der Waals surface area contributed by atoms with E-state index in [1.807, 2.05) is 6.92 Å². The molecule has 0 saturated carbocycles. The van der Waals surface area contributed by atoms with Crippen LogP contribution in [0.3, 0.4) is 0 Å². The van der Waals surface area contributed by atoms with Crippen molar-refractivity contribution in [2.45, 2.75) is 6.92 Å². The standard InChI is InChI=1S/C6H9ClN4/c1-2-9-6-10-3-4(7)5(8)11-6/h3H,2H2,1H3,(H3,8,9,10,11). The average Bonchev–Trinajstić information content (AvgIpc) is 1.98. The van der Waals surface area contributed by atoms with Crippen LogP contribution in [-0.2, 0) is 0 Å². The minimum atomic E-state index is 0.303. The molecule has 1 aromatic heterocycles. The maximum absolute atomic E-state index is 5.60. The summed E-state index contributed by atoms with van der Waals surface area (Å²) in [5.41, 5.74) is 5.43. The molecule has 0 aliphatic carbocycles. The quantitative estimate of drug-likeness (QED) is 0.703. The first kappa shape index (κ1) is 8.07. The molecular formula is C6H9ClN4. The molecule has 0 saturated heterocycles. The summed E-state index contributed by atoms with van der Waals surface area (Å²) >= 11 is 5.60. The number of anilines is 2. The fraction of sp³-hybridized carbons (Fsp3) is 0.333. The molecule has 4 nitrogen and oxygen atoms in total. The molecule has 0 aliphatic rings. The Morgan fingerprint density at radius 2 is 2.45 bits per heavy atom. The maximum atomic E-state index is 5.60. The van der Waals surface area contributed by atoms with Gasteiger partial charge in [-0.15, -0.1) is 0 Å². The minimum Gasteiger partial charge on any atom is -0.382 e. The van der Waals surface area contributed by atoms with E-state index in [-0.39, 0.29) is 0 Å². The molecular weight excluding hydrogens is 164 g/mol. The van der Waals surface area contributed by atoms with E-state index < -0.39 is 0 Å². The van der Waals surface area contributed by atoms with Crippen LogP contribution in [0.1, 0.15) is 6.92 Å². The third kappa shape index (κ3) is 1.94. The van der Waals surface area contributed by atoms with Gasteiger partial charge >= 0.3 is 0 Å². The zero-order valence-corrected chi connectivity index (χ0v) is 6.89. The van der Waals surface area contributed by atoms with Gasteiger partial charge in [0.15, 0.2) is 0 Å². The molecule has 0 spiro atoms. The maximum Gasteiger partial charge on any atom is 0.224 e. The van der Waals surface area contributed by atoms with Crippen LogP contribution >= 0.6 is 11.6 Å². The van der Waals surface area contributed by atoms with Crippen molar-refractivity contribution < 1.29 is 0 Å². The average molecular weight is 173 g/mol. The fourth-order valence-corrected chi connectivity index (χ4v) is 0.715. The Kier molecular flexibility index (Phi) is 2.48. The third-order valence-corrected chi connectivity index (χ3v) is 1.40. The molecule has 0 aromatic carbocycles. The van der Waals surface area contributed by atoms with Gasteiger partial charge in [-0.2, -0.15) is 4.98 Å². The lowest BCUT2D eigenvalue weighted by molar-refractivity contribution is 1.09. The van der Waals surface area contributed by atoms with Gasteiger partial charge in [0.1, 0.15) is 10.8 Å². The lowest BCUT2D eigenvalue weighted by atomic mass is 10.6. The van der Waals surface area contributed by atoms with Gasteiger partial charge in [0.25, 0.3) is 0 Å². The van der Waals surface area contributed by atoms with Crippen molar-refractivity contribution in [1.29, 1.82) is 0 Å². The number of halogens is 1. The number of nitrogen functional groups attached to an aromatic ring is 1. The third-order valence-electron chi connectivity index (χ3n) is 1.11. The van der Waals surface area contributed by atoms with Gasteiger partial charge in [0.2, 0.25) is 5.95 Å². The van der Waals surface area contributed by atoms with E-state index >= 15 is 0 Å². The summed E-state index contributed by atoms with van der Waals surface area (Å²) in [6.45, 7) is 2.72. The van der Waals surface area contributed by atoms with Crippen molar-refractivity contribution >= 4 is 23.4 Å². The predicted molar refractivity (Wildman–Crippen MR) is 45.6 cm³/mol. The highest BCUT2D eigenvalue weighted by Gasteiger charge is 1.98. The molecule has 0 atom stereocenters. The van der Waals surface area contributed by atoms with E-state index in [0.29, 0.717) is 16.8 Å². The van der Waals surface area contributed by atoms with E-state index in [2.05, 4.69) is 15.3 Å². The molecule has 3 N–H and O–H groups in total. The smallest absolute Gasteiger partial charge is 0.224 e. The van der Waals surface area contributed by atoms with Crippen LogP contribution in [0.5, 0.6) is 0 Å². The number of nitrogens with one attached hydrogen (secondary N) is 1. The number of hydrogen-bond acceptors (Lipinski definition) is 4. The van der Waals surface area contributed by atoms with Gasteiger partial charge in [-0.3, -0.25) is 0 Å². The fourth-order valence-electron chi connectivity index (χ4n) is 0.624. The summed E-state index contributed by atoms with van der Waals surface area (Å²) in [5.74, 6) is 0.812. The Morgan fingerprint density at radius 3 is 3.00 bits per heavy atom. The topological polar surface area (TPSA) is 63.8 Å². The monoisotopic (exact) mass is 172 g/mol. The van der Waals surface area contributed by atoms with Crippen LogP contribution in [0.25, 0.3) is 0 Å². The highest BCUT2D eigenvalue weighted by atomic mass is 35.5. The first-order valence-electron chi connectivity index (χ1n) is 3.26. The van der Waals surface area contributed by atoms with Crippen LogP contribution in [-0.4, -0.2) is 16.5 Å². The van der Waals surface area contributed by atoms with Gasteiger partial charge < -0.3 is 11.1 Å². The molecule has 1 aromatic rings. The Bertz CT molecular complexity index is 250. The second-order valence-corrected chi connectivity index (χ2v) is 2.36. The highest BCUT2D eigenvalue weighted by Crippen LogP contribution is 2.14. The number of nitrogens with zero attached hydrogens (tertiary/aromatic N) is 2. The van der Waals surface area contributed by atoms with E-state index in [1.165, 1.54) is 6.20 Å². The molecule has 0 bridgehead atoms. The first-order chi connectivity index (χ1) is 5.24. The van der Waals surface area contributed by atoms with Crippen molar-refractivity contribution in [3.8, 4) is 0 Å². The minimum absolute atomic E-state index is 0.303. The molecule has 0 aliphatic heterocycles. The van der Waals surface area contributed by atoms with Crippen LogP contribution < -0.4 is 11.1 Å². The van der Waals surface area contributed by atoms with E-state index in [9.17, 15) is 0 Å². The number of hydrogen-bond donors (Lipinski definition) is 2. The van der Waals surface area contributed by atoms with Crippen molar-refractivity contribution in [1.82, 2.24) is 9.97 Å². The summed E-state index contributed by atoms with van der Waals surface area (Å²) in [5, 5.41) is 3.30. The summed E-state index contributed by atoms with van der Waals surface area (Å²) in [6.07, 6.45) is 1.47. The molecule has 11 heavy (non-hydrogen) atoms. The first-order valence-corrected chi connectivity index (χ1v) is 3.63. The van der Waals surface area contributed by atoms with Gasteiger partial charge in [-0.1, -0.05) is 11.6 Å². The normalized spacial score (nSPS) is 9.64. The molecule has 5 heteroatoms. The molecule has 1 heterocycles. The molecule has 0 amide bonds. The number of rotatable bonds is 2. The Hall–Kier alpha value is -1.03. The van der Waals surface area contributed by atoms with Gasteiger partial charge in [-0.05, 0) is 6.92 Å². The van der Waals surface area contributed by atoms with Crippen LogP contribution in [0.4, 0.5) is 11.8 Å². The summed E-state index contributed by atoms with van der Waals surface area (Å²) in [6, 6.07) is 0. The lowest BCUT2D eigenvalue weighted by Gasteiger charge is -2.01. The molecule has 0 radical (unpaired) electrons. The second kappa shape index (κ2) is 3.39. The zero-order valence-electron chi connectivity index (χ0n) is 6.13. The molecule has 60 valence electrons. The highest BCUT2D eigenvalue weighted by molar-refractivity contribution is 6.32. The van der Waals surface area contributed by atoms with E-state index in [1.54, 1.807) is 0 Å². The Labute approximate surface area is 69.8 Å². The van der Waals surface area contributed by atoms with Crippen LogP contribution in [0, 0.1) is 0 Å². The van der Waals surface area contributed by atoms with Crippen LogP contribution in [0.15, 0.2) is 6.20 Å². The molecule has 1 rings (SSSR count). The van der Waals surface area contributed by atoms with Gasteiger partial charge in [0.05, 0.1) is 6.20 Å². The molecule has 0 unspecified atom stereocenters. The summed E-state index contributed by atoms with van der Waals surface area (Å²) in [4.78, 5) is 7.78.